The summed E-state index contributed by atoms with van der Waals surface area (Å²) in [6.45, 7) is 3.04. The van der Waals surface area contributed by atoms with Crippen molar-refractivity contribution in [2.24, 2.45) is 5.92 Å². The molecule has 176 valence electrons. The monoisotopic (exact) mass is 456 g/mol. The Morgan fingerprint density at radius 3 is 2.24 bits per heavy atom. The number of benzene rings is 2. The van der Waals surface area contributed by atoms with Gasteiger partial charge < -0.3 is 9.80 Å². The van der Waals surface area contributed by atoms with Crippen molar-refractivity contribution in [2.75, 3.05) is 26.2 Å². The number of hydrogen-bond donors (Lipinski definition) is 0. The number of amides is 2. The Labute approximate surface area is 201 Å². The summed E-state index contributed by atoms with van der Waals surface area (Å²) in [5.41, 5.74) is 3.58. The first-order valence-corrected chi connectivity index (χ1v) is 12.5. The Kier molecular flexibility index (Phi) is 6.74. The van der Waals surface area contributed by atoms with Crippen LogP contribution in [0.5, 0.6) is 0 Å². The van der Waals surface area contributed by atoms with Crippen molar-refractivity contribution in [1.29, 1.82) is 0 Å². The van der Waals surface area contributed by atoms with Gasteiger partial charge in [-0.2, -0.15) is 5.10 Å². The van der Waals surface area contributed by atoms with Gasteiger partial charge in [0.2, 0.25) is 5.91 Å². The Morgan fingerprint density at radius 2 is 1.50 bits per heavy atom. The molecule has 0 aliphatic carbocycles. The van der Waals surface area contributed by atoms with Crippen LogP contribution in [-0.4, -0.2) is 57.6 Å². The topological polar surface area (TPSA) is 58.4 Å². The number of hydrogen-bond acceptors (Lipinski definition) is 3. The van der Waals surface area contributed by atoms with E-state index < -0.39 is 0 Å². The van der Waals surface area contributed by atoms with Gasteiger partial charge in [-0.1, -0.05) is 49.2 Å². The van der Waals surface area contributed by atoms with E-state index in [1.54, 1.807) is 6.20 Å². The van der Waals surface area contributed by atoms with Crippen molar-refractivity contribution >= 4 is 11.8 Å². The van der Waals surface area contributed by atoms with E-state index in [0.29, 0.717) is 24.6 Å². The molecule has 0 spiro atoms. The lowest BCUT2D eigenvalue weighted by molar-refractivity contribution is -0.136. The van der Waals surface area contributed by atoms with Gasteiger partial charge in [0.1, 0.15) is 0 Å². The summed E-state index contributed by atoms with van der Waals surface area (Å²) in [4.78, 5) is 30.2. The third-order valence-electron chi connectivity index (χ3n) is 7.10. The van der Waals surface area contributed by atoms with E-state index in [4.69, 9.17) is 0 Å². The highest BCUT2D eigenvalue weighted by Gasteiger charge is 2.30. The van der Waals surface area contributed by atoms with Gasteiger partial charge in [0.25, 0.3) is 5.91 Å². The molecule has 2 saturated heterocycles. The van der Waals surface area contributed by atoms with Crippen molar-refractivity contribution in [3.63, 3.8) is 0 Å². The highest BCUT2D eigenvalue weighted by Crippen LogP contribution is 2.25. The van der Waals surface area contributed by atoms with Crippen LogP contribution in [-0.2, 0) is 4.79 Å². The Hall–Kier alpha value is -3.41. The quantitative estimate of drug-likeness (QED) is 0.567. The molecule has 5 rings (SSSR count). The number of aromatic nitrogens is 2. The zero-order valence-electron chi connectivity index (χ0n) is 19.6. The van der Waals surface area contributed by atoms with Crippen molar-refractivity contribution in [3.8, 4) is 16.9 Å². The molecule has 34 heavy (non-hydrogen) atoms. The lowest BCUT2D eigenvalue weighted by Gasteiger charge is -2.34. The smallest absolute Gasteiger partial charge is 0.253 e. The molecule has 1 aromatic heterocycles. The molecule has 2 amide bonds. The Morgan fingerprint density at radius 1 is 0.765 bits per heavy atom. The number of rotatable bonds is 4. The van der Waals surface area contributed by atoms with Gasteiger partial charge in [0, 0.05) is 43.2 Å². The van der Waals surface area contributed by atoms with Gasteiger partial charge in [-0.25, -0.2) is 4.68 Å². The zero-order chi connectivity index (χ0) is 23.3. The first-order valence-electron chi connectivity index (χ1n) is 12.5. The Balaban J connectivity index is 1.26. The lowest BCUT2D eigenvalue weighted by atomic mass is 9.94. The van der Waals surface area contributed by atoms with Crippen LogP contribution in [0, 0.1) is 5.92 Å². The van der Waals surface area contributed by atoms with Gasteiger partial charge in [-0.05, 0) is 49.9 Å². The molecular weight excluding hydrogens is 424 g/mol. The summed E-state index contributed by atoms with van der Waals surface area (Å²) >= 11 is 0. The van der Waals surface area contributed by atoms with Crippen LogP contribution >= 0.6 is 0 Å². The molecule has 6 heteroatoms. The van der Waals surface area contributed by atoms with Crippen molar-refractivity contribution < 1.29 is 9.59 Å². The van der Waals surface area contributed by atoms with Crippen LogP contribution in [0.15, 0.2) is 66.9 Å². The molecule has 0 bridgehead atoms. The van der Waals surface area contributed by atoms with Gasteiger partial charge in [-0.15, -0.1) is 0 Å². The molecule has 0 saturated carbocycles. The van der Waals surface area contributed by atoms with Gasteiger partial charge >= 0.3 is 0 Å². The maximum atomic E-state index is 13.3. The second kappa shape index (κ2) is 10.2. The van der Waals surface area contributed by atoms with E-state index >= 15 is 0 Å². The summed E-state index contributed by atoms with van der Waals surface area (Å²) in [6, 6.07) is 19.8. The molecule has 2 aliphatic rings. The molecule has 2 fully saturated rings. The van der Waals surface area contributed by atoms with Crippen molar-refractivity contribution in [1.82, 2.24) is 19.6 Å². The molecule has 3 aromatic rings. The summed E-state index contributed by atoms with van der Waals surface area (Å²) in [6.07, 6.45) is 7.95. The molecule has 0 unspecified atom stereocenters. The molecule has 6 nitrogen and oxygen atoms in total. The fraction of sp³-hybridized carbons (Fsp3) is 0.393. The van der Waals surface area contributed by atoms with Crippen LogP contribution in [0.4, 0.5) is 0 Å². The molecule has 2 aliphatic heterocycles. The fourth-order valence-electron chi connectivity index (χ4n) is 5.17. The van der Waals surface area contributed by atoms with E-state index in [1.807, 2.05) is 58.1 Å². The molecular formula is C28H32N4O2. The zero-order valence-corrected chi connectivity index (χ0v) is 19.6. The Bertz CT molecular complexity index is 1120. The van der Waals surface area contributed by atoms with Crippen LogP contribution in [0.3, 0.4) is 0 Å². The first-order chi connectivity index (χ1) is 16.7. The standard InChI is InChI=1S/C28H32N4O2/c33-27(30-17-6-1-2-7-18-30)23-14-19-31(20-15-23)28(34)24-11-8-12-25(21-24)32-26(13-16-29-32)22-9-4-3-5-10-22/h3-5,8-13,16,21,23H,1-2,6-7,14-15,17-20H2. The van der Waals surface area contributed by atoms with Crippen molar-refractivity contribution in [2.45, 2.75) is 38.5 Å². The second-order valence-corrected chi connectivity index (χ2v) is 9.35. The maximum Gasteiger partial charge on any atom is 0.253 e. The average Bonchev–Trinajstić information content (AvgIpc) is 3.24. The third kappa shape index (κ3) is 4.76. The molecule has 0 N–H and O–H groups in total. The predicted molar refractivity (Wildman–Crippen MR) is 133 cm³/mol. The van der Waals surface area contributed by atoms with E-state index in [2.05, 4.69) is 22.1 Å². The van der Waals surface area contributed by atoms with Crippen LogP contribution in [0.25, 0.3) is 16.9 Å². The SMILES string of the molecule is O=C(c1cccc(-n2nccc2-c2ccccc2)c1)N1CCC(C(=O)N2CCCCCC2)CC1. The molecule has 3 heterocycles. The normalized spacial score (nSPS) is 17.4. The molecule has 0 radical (unpaired) electrons. The van der Waals surface area contributed by atoms with E-state index in [1.165, 1.54) is 12.8 Å². The summed E-state index contributed by atoms with van der Waals surface area (Å²) in [7, 11) is 0. The third-order valence-corrected chi connectivity index (χ3v) is 7.10. The minimum atomic E-state index is 0.0240. The second-order valence-electron chi connectivity index (χ2n) is 9.35. The molecule has 2 aromatic carbocycles. The van der Waals surface area contributed by atoms with Crippen LogP contribution in [0.2, 0.25) is 0 Å². The fourth-order valence-corrected chi connectivity index (χ4v) is 5.17. The van der Waals surface area contributed by atoms with Crippen molar-refractivity contribution in [3.05, 3.63) is 72.4 Å². The van der Waals surface area contributed by atoms with Gasteiger partial charge in [0.15, 0.2) is 0 Å². The first kappa shape index (κ1) is 22.4. The summed E-state index contributed by atoms with van der Waals surface area (Å²) in [5.74, 6) is 0.366. The molecule has 0 atom stereocenters. The lowest BCUT2D eigenvalue weighted by Crippen LogP contribution is -2.44. The average molecular weight is 457 g/mol. The van der Waals surface area contributed by atoms with E-state index in [9.17, 15) is 9.59 Å². The van der Waals surface area contributed by atoms with Crippen LogP contribution < -0.4 is 0 Å². The number of carbonyl (C=O) groups excluding carboxylic acids is 2. The number of carbonyl (C=O) groups is 2. The minimum Gasteiger partial charge on any atom is -0.342 e. The van der Waals surface area contributed by atoms with Gasteiger partial charge in [0.05, 0.1) is 17.6 Å². The summed E-state index contributed by atoms with van der Waals surface area (Å²) < 4.78 is 1.87. The highest BCUT2D eigenvalue weighted by atomic mass is 16.2. The number of nitrogens with zero attached hydrogens (tertiary/aromatic N) is 4. The van der Waals surface area contributed by atoms with Gasteiger partial charge in [-0.3, -0.25) is 9.59 Å². The predicted octanol–water partition coefficient (Wildman–Crippen LogP) is 4.79. The largest absolute Gasteiger partial charge is 0.342 e. The number of likely N-dealkylation sites (tertiary alicyclic amines) is 2. The highest BCUT2D eigenvalue weighted by molar-refractivity contribution is 5.95. The number of piperidine rings is 1. The van der Waals surface area contributed by atoms with E-state index in [0.717, 1.165) is 55.7 Å². The van der Waals surface area contributed by atoms with E-state index in [-0.39, 0.29) is 11.8 Å². The summed E-state index contributed by atoms with van der Waals surface area (Å²) in [5, 5.41) is 4.51. The maximum absolute atomic E-state index is 13.3. The minimum absolute atomic E-state index is 0.0240. The van der Waals surface area contributed by atoms with Crippen LogP contribution in [0.1, 0.15) is 48.9 Å².